The number of carbonyl (C=O) groups is 1. The van der Waals surface area contributed by atoms with Crippen molar-refractivity contribution in [1.29, 1.82) is 0 Å². The molecule has 0 aliphatic rings. The molecule has 0 aliphatic carbocycles. The van der Waals surface area contributed by atoms with Crippen molar-refractivity contribution in [3.8, 4) is 0 Å². The highest BCUT2D eigenvalue weighted by molar-refractivity contribution is 7.84. The zero-order chi connectivity index (χ0) is 14.0. The number of aromatic nitrogens is 1. The molecule has 0 saturated heterocycles. The first-order valence-electron chi connectivity index (χ1n) is 5.66. The molecule has 0 aliphatic heterocycles. The summed E-state index contributed by atoms with van der Waals surface area (Å²) in [4.78, 5) is 18.1. The SMILES string of the molecule is Cc1nc(NC(=O)c2ccc(S(C)=O)cc2)sc1C. The van der Waals surface area contributed by atoms with Gasteiger partial charge in [-0.05, 0) is 38.1 Å². The molecule has 0 spiro atoms. The van der Waals surface area contributed by atoms with E-state index in [9.17, 15) is 9.00 Å². The molecule has 4 nitrogen and oxygen atoms in total. The standard InChI is InChI=1S/C13H14N2O2S2/c1-8-9(2)18-13(14-8)15-12(16)10-4-6-11(7-5-10)19(3)17/h4-7H,1-3H3,(H,14,15,16). The Balaban J connectivity index is 2.13. The average Bonchev–Trinajstić information content (AvgIpc) is 2.68. The van der Waals surface area contributed by atoms with Gasteiger partial charge in [0.05, 0.1) is 5.69 Å². The molecule has 1 heterocycles. The van der Waals surface area contributed by atoms with Gasteiger partial charge in [-0.2, -0.15) is 0 Å². The van der Waals surface area contributed by atoms with Crippen molar-refractivity contribution in [2.75, 3.05) is 11.6 Å². The normalized spacial score (nSPS) is 12.2. The molecule has 0 bridgehead atoms. The molecule has 0 radical (unpaired) electrons. The summed E-state index contributed by atoms with van der Waals surface area (Å²) in [6.45, 7) is 3.88. The Bertz CT molecular complexity index is 613. The Kier molecular flexibility index (Phi) is 4.11. The van der Waals surface area contributed by atoms with Gasteiger partial charge in [-0.15, -0.1) is 11.3 Å². The number of hydrogen-bond acceptors (Lipinski definition) is 4. The van der Waals surface area contributed by atoms with Gasteiger partial charge in [0.1, 0.15) is 0 Å². The second-order valence-electron chi connectivity index (χ2n) is 4.09. The minimum atomic E-state index is -1.03. The number of nitrogens with one attached hydrogen (secondary N) is 1. The van der Waals surface area contributed by atoms with Crippen LogP contribution in [-0.4, -0.2) is 21.4 Å². The minimum Gasteiger partial charge on any atom is -0.298 e. The largest absolute Gasteiger partial charge is 0.298 e. The lowest BCUT2D eigenvalue weighted by atomic mass is 10.2. The number of aryl methyl sites for hydroxylation is 2. The summed E-state index contributed by atoms with van der Waals surface area (Å²) in [5.41, 5.74) is 1.46. The summed E-state index contributed by atoms with van der Waals surface area (Å²) in [5, 5.41) is 3.36. The van der Waals surface area contributed by atoms with Crippen LogP contribution in [0.25, 0.3) is 0 Å². The lowest BCUT2D eigenvalue weighted by Gasteiger charge is -2.02. The lowest BCUT2D eigenvalue weighted by Crippen LogP contribution is -2.11. The van der Waals surface area contributed by atoms with Crippen molar-refractivity contribution in [1.82, 2.24) is 4.98 Å². The maximum atomic E-state index is 12.0. The van der Waals surface area contributed by atoms with Gasteiger partial charge < -0.3 is 0 Å². The number of carbonyl (C=O) groups excluding carboxylic acids is 1. The molecule has 1 aromatic heterocycles. The van der Waals surface area contributed by atoms with Crippen LogP contribution in [0.2, 0.25) is 0 Å². The Morgan fingerprint density at radius 2 is 1.89 bits per heavy atom. The van der Waals surface area contributed by atoms with Crippen LogP contribution in [0.1, 0.15) is 20.9 Å². The van der Waals surface area contributed by atoms with Gasteiger partial charge in [-0.3, -0.25) is 14.3 Å². The van der Waals surface area contributed by atoms with Crippen LogP contribution in [0, 0.1) is 13.8 Å². The predicted molar refractivity (Wildman–Crippen MR) is 78.3 cm³/mol. The highest BCUT2D eigenvalue weighted by Gasteiger charge is 2.10. The van der Waals surface area contributed by atoms with Gasteiger partial charge in [-0.25, -0.2) is 4.98 Å². The lowest BCUT2D eigenvalue weighted by molar-refractivity contribution is 0.102. The number of hydrogen-bond donors (Lipinski definition) is 1. The quantitative estimate of drug-likeness (QED) is 0.947. The highest BCUT2D eigenvalue weighted by atomic mass is 32.2. The third-order valence-electron chi connectivity index (χ3n) is 2.70. The molecule has 1 unspecified atom stereocenters. The molecular weight excluding hydrogens is 280 g/mol. The van der Waals surface area contributed by atoms with Crippen LogP contribution in [0.15, 0.2) is 29.2 Å². The maximum absolute atomic E-state index is 12.0. The fourth-order valence-corrected chi connectivity index (χ4v) is 2.82. The van der Waals surface area contributed by atoms with E-state index in [0.29, 0.717) is 15.6 Å². The Morgan fingerprint density at radius 1 is 1.26 bits per heavy atom. The number of thiazole rings is 1. The van der Waals surface area contributed by atoms with Crippen molar-refractivity contribution >= 4 is 33.2 Å². The molecule has 1 N–H and O–H groups in total. The molecule has 6 heteroatoms. The van der Waals surface area contributed by atoms with Crippen molar-refractivity contribution in [3.63, 3.8) is 0 Å². The Hall–Kier alpha value is -1.53. The minimum absolute atomic E-state index is 0.206. The molecular formula is C13H14N2O2S2. The van der Waals surface area contributed by atoms with Crippen LogP contribution >= 0.6 is 11.3 Å². The van der Waals surface area contributed by atoms with E-state index in [2.05, 4.69) is 10.3 Å². The van der Waals surface area contributed by atoms with Gasteiger partial charge in [0.25, 0.3) is 5.91 Å². The first kappa shape index (κ1) is 13.9. The molecule has 0 fully saturated rings. The fourth-order valence-electron chi connectivity index (χ4n) is 1.49. The van der Waals surface area contributed by atoms with E-state index < -0.39 is 10.8 Å². The van der Waals surface area contributed by atoms with Crippen LogP contribution < -0.4 is 5.32 Å². The van der Waals surface area contributed by atoms with Crippen LogP contribution in [-0.2, 0) is 10.8 Å². The zero-order valence-electron chi connectivity index (χ0n) is 10.9. The second-order valence-corrected chi connectivity index (χ2v) is 6.68. The average molecular weight is 294 g/mol. The maximum Gasteiger partial charge on any atom is 0.257 e. The zero-order valence-corrected chi connectivity index (χ0v) is 12.5. The summed E-state index contributed by atoms with van der Waals surface area (Å²) >= 11 is 1.45. The highest BCUT2D eigenvalue weighted by Crippen LogP contribution is 2.21. The summed E-state index contributed by atoms with van der Waals surface area (Å²) in [6.07, 6.45) is 1.61. The number of nitrogens with zero attached hydrogens (tertiary/aromatic N) is 1. The van der Waals surface area contributed by atoms with Gasteiger partial charge >= 0.3 is 0 Å². The van der Waals surface area contributed by atoms with Gasteiger partial charge in [0.2, 0.25) is 0 Å². The van der Waals surface area contributed by atoms with Crippen molar-refractivity contribution in [2.24, 2.45) is 0 Å². The van der Waals surface area contributed by atoms with E-state index in [-0.39, 0.29) is 5.91 Å². The van der Waals surface area contributed by atoms with Crippen molar-refractivity contribution in [3.05, 3.63) is 40.4 Å². The van der Waals surface area contributed by atoms with E-state index in [1.54, 1.807) is 30.5 Å². The fraction of sp³-hybridized carbons (Fsp3) is 0.231. The van der Waals surface area contributed by atoms with Gasteiger partial charge in [0.15, 0.2) is 5.13 Å². The summed E-state index contributed by atoms with van der Waals surface area (Å²) in [6, 6.07) is 6.73. The number of rotatable bonds is 3. The number of benzene rings is 1. The second kappa shape index (κ2) is 5.63. The Labute approximate surface area is 118 Å². The van der Waals surface area contributed by atoms with Crippen LogP contribution in [0.4, 0.5) is 5.13 Å². The first-order chi connectivity index (χ1) is 8.97. The molecule has 19 heavy (non-hydrogen) atoms. The first-order valence-corrected chi connectivity index (χ1v) is 8.03. The topological polar surface area (TPSA) is 59.1 Å². The summed E-state index contributed by atoms with van der Waals surface area (Å²) < 4.78 is 11.3. The molecule has 1 aromatic carbocycles. The smallest absolute Gasteiger partial charge is 0.257 e. The summed E-state index contributed by atoms with van der Waals surface area (Å²) in [5.74, 6) is -0.206. The monoisotopic (exact) mass is 294 g/mol. The summed E-state index contributed by atoms with van der Waals surface area (Å²) in [7, 11) is -1.03. The molecule has 0 saturated carbocycles. The molecule has 1 amide bonds. The molecule has 2 rings (SSSR count). The molecule has 2 aromatic rings. The molecule has 100 valence electrons. The predicted octanol–water partition coefficient (Wildman–Crippen LogP) is 2.75. The number of amides is 1. The van der Waals surface area contributed by atoms with Crippen molar-refractivity contribution < 1.29 is 9.00 Å². The van der Waals surface area contributed by atoms with E-state index in [4.69, 9.17) is 0 Å². The van der Waals surface area contributed by atoms with Gasteiger partial charge in [0, 0.05) is 32.4 Å². The van der Waals surface area contributed by atoms with Crippen molar-refractivity contribution in [2.45, 2.75) is 18.7 Å². The van der Waals surface area contributed by atoms with E-state index >= 15 is 0 Å². The van der Waals surface area contributed by atoms with Gasteiger partial charge in [-0.1, -0.05) is 0 Å². The third-order valence-corrected chi connectivity index (χ3v) is 4.62. The number of anilines is 1. The van der Waals surface area contributed by atoms with E-state index in [1.165, 1.54) is 11.3 Å². The van der Waals surface area contributed by atoms with E-state index in [0.717, 1.165) is 10.6 Å². The van der Waals surface area contributed by atoms with Crippen LogP contribution in [0.3, 0.4) is 0 Å². The Morgan fingerprint density at radius 3 is 2.37 bits per heavy atom. The van der Waals surface area contributed by atoms with Crippen LogP contribution in [0.5, 0.6) is 0 Å². The third kappa shape index (κ3) is 3.27. The molecule has 1 atom stereocenters. The van der Waals surface area contributed by atoms with E-state index in [1.807, 2.05) is 13.8 Å².